The lowest BCUT2D eigenvalue weighted by Crippen LogP contribution is -2.52. The summed E-state index contributed by atoms with van der Waals surface area (Å²) in [5.74, 6) is 5.15. The van der Waals surface area contributed by atoms with Crippen LogP contribution in [0.5, 0.6) is 11.5 Å². The summed E-state index contributed by atoms with van der Waals surface area (Å²) in [6, 6.07) is 13.7. The molecule has 3 aliphatic rings. The molecule has 0 aromatic heterocycles. The van der Waals surface area contributed by atoms with E-state index in [4.69, 9.17) is 9.47 Å². The zero-order chi connectivity index (χ0) is 30.2. The molecule has 0 aliphatic carbocycles. The molecule has 12 heteroatoms. The second kappa shape index (κ2) is 10.9. The van der Waals surface area contributed by atoms with Crippen LogP contribution in [0.25, 0.3) is 0 Å². The maximum Gasteiger partial charge on any atom is 0.310 e. The van der Waals surface area contributed by atoms with Gasteiger partial charge in [-0.2, -0.15) is 0 Å². The van der Waals surface area contributed by atoms with E-state index in [1.54, 1.807) is 36.4 Å². The molecule has 1 unspecified atom stereocenters. The van der Waals surface area contributed by atoms with E-state index in [9.17, 15) is 29.3 Å². The Hall–Kier alpha value is -5.70. The van der Waals surface area contributed by atoms with Crippen LogP contribution in [-0.2, 0) is 16.1 Å². The van der Waals surface area contributed by atoms with Gasteiger partial charge >= 0.3 is 5.69 Å². The number of benzene rings is 3. The van der Waals surface area contributed by atoms with Crippen molar-refractivity contribution in [3.05, 3.63) is 92.5 Å². The zero-order valence-electron chi connectivity index (χ0n) is 22.9. The first-order valence-electron chi connectivity index (χ1n) is 13.5. The van der Waals surface area contributed by atoms with Gasteiger partial charge in [-0.25, -0.2) is 0 Å². The van der Waals surface area contributed by atoms with Crippen LogP contribution in [0.4, 0.5) is 11.4 Å². The van der Waals surface area contributed by atoms with Crippen LogP contribution < -0.4 is 19.7 Å². The van der Waals surface area contributed by atoms with E-state index < -0.39 is 16.9 Å². The number of imide groups is 1. The fourth-order valence-electron chi connectivity index (χ4n) is 5.51. The lowest BCUT2D eigenvalue weighted by molar-refractivity contribution is -0.385. The highest BCUT2D eigenvalue weighted by atomic mass is 16.6. The molecule has 1 fully saturated rings. The van der Waals surface area contributed by atoms with Gasteiger partial charge in [0.1, 0.15) is 12.6 Å². The average Bonchev–Trinajstić information content (AvgIpc) is 3.35. The molecule has 216 valence electrons. The Kier molecular flexibility index (Phi) is 6.99. The van der Waals surface area contributed by atoms with E-state index in [2.05, 4.69) is 17.2 Å². The Bertz CT molecular complexity index is 1790. The molecule has 0 saturated carbocycles. The van der Waals surface area contributed by atoms with Crippen molar-refractivity contribution in [1.82, 2.24) is 10.2 Å². The molecule has 12 nitrogen and oxygen atoms in total. The Morgan fingerprint density at radius 3 is 2.63 bits per heavy atom. The Labute approximate surface area is 245 Å². The van der Waals surface area contributed by atoms with Gasteiger partial charge < -0.3 is 19.3 Å². The monoisotopic (exact) mass is 580 g/mol. The molecule has 6 rings (SSSR count). The molecule has 3 heterocycles. The van der Waals surface area contributed by atoms with E-state index >= 15 is 0 Å². The number of amides is 4. The van der Waals surface area contributed by atoms with Crippen molar-refractivity contribution >= 4 is 35.0 Å². The Morgan fingerprint density at radius 1 is 1.09 bits per heavy atom. The summed E-state index contributed by atoms with van der Waals surface area (Å²) in [6.45, 7) is 0.653. The molecule has 4 amide bonds. The second-order valence-electron chi connectivity index (χ2n) is 10.1. The molecule has 0 bridgehead atoms. The van der Waals surface area contributed by atoms with Crippen LogP contribution in [0, 0.1) is 22.0 Å². The van der Waals surface area contributed by atoms with Crippen LogP contribution in [0.1, 0.15) is 50.2 Å². The number of piperidine rings is 1. The molecule has 1 N–H and O–H groups in total. The molecule has 0 spiro atoms. The number of anilines is 1. The third-order valence-corrected chi connectivity index (χ3v) is 7.63. The predicted octanol–water partition coefficient (Wildman–Crippen LogP) is 2.80. The topological polar surface area (TPSA) is 148 Å². The van der Waals surface area contributed by atoms with Crippen LogP contribution in [0.15, 0.2) is 54.6 Å². The van der Waals surface area contributed by atoms with E-state index in [0.717, 1.165) is 0 Å². The highest BCUT2D eigenvalue weighted by Crippen LogP contribution is 2.37. The zero-order valence-corrected chi connectivity index (χ0v) is 22.9. The summed E-state index contributed by atoms with van der Waals surface area (Å²) in [5, 5.41) is 13.6. The number of hydrogen-bond donors (Lipinski definition) is 1. The number of para-hydroxylation sites is 1. The van der Waals surface area contributed by atoms with Crippen molar-refractivity contribution in [3.8, 4) is 23.3 Å². The molecule has 43 heavy (non-hydrogen) atoms. The summed E-state index contributed by atoms with van der Waals surface area (Å²) in [5.41, 5.74) is 2.76. The first kappa shape index (κ1) is 27.5. The standard InChI is InChI=1S/C31H24N4O8/c1-42-26-16-20(10-11-23(26)35(40)41)30(38)33-14-15-43-28-19(5-3-7-24(28)33)9-8-18-4-2-6-21-22(18)17-34(31(21)39)25-12-13-27(36)32-29(25)37/h2-7,10-11,16,25H,12-15,17H2,1H3,(H,32,36,37). The van der Waals surface area contributed by atoms with Crippen LogP contribution in [0.2, 0.25) is 0 Å². The van der Waals surface area contributed by atoms with E-state index in [-0.39, 0.29) is 67.3 Å². The Balaban J connectivity index is 1.29. The number of methoxy groups -OCH3 is 1. The lowest BCUT2D eigenvalue weighted by Gasteiger charge is -2.30. The second-order valence-corrected chi connectivity index (χ2v) is 10.1. The number of hydrogen-bond acceptors (Lipinski definition) is 8. The van der Waals surface area contributed by atoms with Crippen LogP contribution in [0.3, 0.4) is 0 Å². The largest absolute Gasteiger partial charge is 0.490 e. The molecule has 1 saturated heterocycles. The van der Waals surface area contributed by atoms with Gasteiger partial charge in [-0.3, -0.25) is 34.6 Å². The number of fused-ring (bicyclic) bond motifs is 2. The molecule has 3 aliphatic heterocycles. The van der Waals surface area contributed by atoms with Crippen molar-refractivity contribution in [2.24, 2.45) is 0 Å². The maximum atomic E-state index is 13.5. The SMILES string of the molecule is COc1cc(C(=O)N2CCOc3c(C#Cc4cccc5c4CN(C4CCC(=O)NC4=O)C5=O)cccc32)ccc1[N+](=O)[O-]. The lowest BCUT2D eigenvalue weighted by atomic mass is 10.0. The van der Waals surface area contributed by atoms with Crippen LogP contribution >= 0.6 is 0 Å². The first-order chi connectivity index (χ1) is 20.8. The van der Waals surface area contributed by atoms with Gasteiger partial charge in [0.25, 0.3) is 11.8 Å². The highest BCUT2D eigenvalue weighted by molar-refractivity contribution is 6.08. The number of nitrogens with one attached hydrogen (secondary N) is 1. The Morgan fingerprint density at radius 2 is 1.86 bits per heavy atom. The minimum Gasteiger partial charge on any atom is -0.490 e. The van der Waals surface area contributed by atoms with Crippen molar-refractivity contribution in [1.29, 1.82) is 0 Å². The molecule has 0 radical (unpaired) electrons. The van der Waals surface area contributed by atoms with Gasteiger partial charge in [0.2, 0.25) is 11.8 Å². The minimum atomic E-state index is -0.729. The number of ether oxygens (including phenoxy) is 2. The molecule has 3 aromatic carbocycles. The van der Waals surface area contributed by atoms with Crippen molar-refractivity contribution in [2.75, 3.05) is 25.2 Å². The van der Waals surface area contributed by atoms with Crippen LogP contribution in [-0.4, -0.2) is 59.8 Å². The fourth-order valence-corrected chi connectivity index (χ4v) is 5.51. The number of carbonyl (C=O) groups is 4. The van der Waals surface area contributed by atoms with E-state index in [1.165, 1.54) is 35.1 Å². The predicted molar refractivity (Wildman–Crippen MR) is 152 cm³/mol. The number of nitrogens with zero attached hydrogens (tertiary/aromatic N) is 3. The first-order valence-corrected chi connectivity index (χ1v) is 13.5. The summed E-state index contributed by atoms with van der Waals surface area (Å²) < 4.78 is 11.1. The van der Waals surface area contributed by atoms with Gasteiger partial charge in [0.05, 0.1) is 29.8 Å². The van der Waals surface area contributed by atoms with Gasteiger partial charge in [0, 0.05) is 41.8 Å². The van der Waals surface area contributed by atoms with Crippen molar-refractivity contribution < 1.29 is 33.6 Å². The average molecular weight is 581 g/mol. The summed E-state index contributed by atoms with van der Waals surface area (Å²) in [6.07, 6.45) is 0.431. The summed E-state index contributed by atoms with van der Waals surface area (Å²) >= 11 is 0. The normalized spacial score (nSPS) is 17.2. The minimum absolute atomic E-state index is 0.0194. The van der Waals surface area contributed by atoms with Gasteiger partial charge in [0.15, 0.2) is 11.5 Å². The van der Waals surface area contributed by atoms with E-state index in [0.29, 0.717) is 33.7 Å². The van der Waals surface area contributed by atoms with Gasteiger partial charge in [-0.1, -0.05) is 24.0 Å². The van der Waals surface area contributed by atoms with Gasteiger partial charge in [-0.05, 0) is 42.3 Å². The van der Waals surface area contributed by atoms with Crippen molar-refractivity contribution in [2.45, 2.75) is 25.4 Å². The number of nitro benzene ring substituents is 1. The summed E-state index contributed by atoms with van der Waals surface area (Å²) in [4.78, 5) is 64.4. The van der Waals surface area contributed by atoms with E-state index in [1.807, 2.05) is 0 Å². The molecular weight excluding hydrogens is 556 g/mol. The third-order valence-electron chi connectivity index (χ3n) is 7.63. The number of nitro groups is 1. The smallest absolute Gasteiger partial charge is 0.310 e. The number of carbonyl (C=O) groups excluding carboxylic acids is 4. The number of rotatable bonds is 4. The third kappa shape index (κ3) is 4.91. The van der Waals surface area contributed by atoms with Gasteiger partial charge in [-0.15, -0.1) is 0 Å². The molecule has 1 atom stereocenters. The summed E-state index contributed by atoms with van der Waals surface area (Å²) in [7, 11) is 1.30. The fraction of sp³-hybridized carbons (Fsp3) is 0.226. The van der Waals surface area contributed by atoms with Crippen molar-refractivity contribution in [3.63, 3.8) is 0 Å². The maximum absolute atomic E-state index is 13.5. The molecule has 3 aromatic rings. The molecular formula is C31H24N4O8. The highest BCUT2D eigenvalue weighted by Gasteiger charge is 2.39. The quantitative estimate of drug-likeness (QED) is 0.214.